The first-order valence-corrected chi connectivity index (χ1v) is 11.0. The molecule has 0 aromatic heterocycles. The fraction of sp³-hybridized carbons (Fsp3) is 0.0800. The molecule has 0 bridgehead atoms. The highest BCUT2D eigenvalue weighted by atomic mass is 79.9. The smallest absolute Gasteiger partial charge is 0.283 e. The van der Waals surface area contributed by atoms with Crippen LogP contribution >= 0.6 is 15.9 Å². The lowest BCUT2D eigenvalue weighted by atomic mass is 10.1. The number of hydrogen-bond acceptors (Lipinski definition) is 6. The Balaban J connectivity index is 1.57. The highest BCUT2D eigenvalue weighted by Crippen LogP contribution is 2.29. The van der Waals surface area contributed by atoms with Crippen molar-refractivity contribution in [2.45, 2.75) is 13.5 Å². The molecule has 0 atom stereocenters. The van der Waals surface area contributed by atoms with Gasteiger partial charge in [-0.25, -0.2) is 0 Å². The molecular weight excluding hydrogens is 502 g/mol. The molecule has 3 aromatic rings. The molecule has 4 rings (SSSR count). The molecule has 0 saturated carbocycles. The van der Waals surface area contributed by atoms with Gasteiger partial charge in [-0.05, 0) is 61.0 Å². The number of hydrogen-bond donors (Lipinski definition) is 0. The molecule has 34 heavy (non-hydrogen) atoms. The van der Waals surface area contributed by atoms with E-state index in [0.717, 1.165) is 15.0 Å². The molecule has 0 spiro atoms. The third-order valence-corrected chi connectivity index (χ3v) is 5.58. The monoisotopic (exact) mass is 519 g/mol. The van der Waals surface area contributed by atoms with Crippen molar-refractivity contribution in [2.24, 2.45) is 5.10 Å². The van der Waals surface area contributed by atoms with E-state index in [9.17, 15) is 19.7 Å². The number of benzene rings is 3. The molecule has 0 saturated heterocycles. The van der Waals surface area contributed by atoms with Crippen LogP contribution in [-0.2, 0) is 11.4 Å². The van der Waals surface area contributed by atoms with Gasteiger partial charge in [-0.1, -0.05) is 34.1 Å². The Morgan fingerprint density at radius 2 is 1.82 bits per heavy atom. The van der Waals surface area contributed by atoms with Gasteiger partial charge in [0.25, 0.3) is 17.5 Å². The van der Waals surface area contributed by atoms with Crippen molar-refractivity contribution in [3.8, 4) is 5.75 Å². The minimum Gasteiger partial charge on any atom is -0.488 e. The molecule has 0 N–H and O–H groups in total. The lowest BCUT2D eigenvalue weighted by molar-refractivity contribution is -0.384. The maximum atomic E-state index is 13.0. The van der Waals surface area contributed by atoms with Gasteiger partial charge < -0.3 is 4.74 Å². The number of carbonyl (C=O) groups excluding carboxylic acids is 2. The molecule has 1 aliphatic rings. The van der Waals surface area contributed by atoms with E-state index in [1.807, 2.05) is 0 Å². The second-order valence-electron chi connectivity index (χ2n) is 7.43. The second kappa shape index (κ2) is 9.80. The summed E-state index contributed by atoms with van der Waals surface area (Å²) in [6, 6.07) is 19.9. The van der Waals surface area contributed by atoms with Crippen LogP contribution in [0.4, 0.5) is 5.69 Å². The summed E-state index contributed by atoms with van der Waals surface area (Å²) in [5, 5.41) is 15.9. The molecule has 1 heterocycles. The number of nitro benzene ring substituents is 1. The maximum Gasteiger partial charge on any atom is 0.283 e. The Morgan fingerprint density at radius 1 is 1.12 bits per heavy atom. The Kier molecular flexibility index (Phi) is 6.65. The minimum atomic E-state index is -0.521. The van der Waals surface area contributed by atoms with Gasteiger partial charge in [0, 0.05) is 27.7 Å². The number of carbonyl (C=O) groups is 2. The zero-order valence-corrected chi connectivity index (χ0v) is 19.6. The maximum absolute atomic E-state index is 13.0. The van der Waals surface area contributed by atoms with Crippen LogP contribution in [0.2, 0.25) is 0 Å². The first-order valence-electron chi connectivity index (χ1n) is 10.2. The van der Waals surface area contributed by atoms with Crippen LogP contribution < -0.4 is 4.74 Å². The number of non-ortho nitro benzene ring substituents is 1. The lowest BCUT2D eigenvalue weighted by Gasteiger charge is -2.11. The molecule has 2 amide bonds. The summed E-state index contributed by atoms with van der Waals surface area (Å²) in [5.74, 6) is -0.521. The van der Waals surface area contributed by atoms with Crippen LogP contribution in [-0.4, -0.2) is 27.5 Å². The quantitative estimate of drug-likeness (QED) is 0.188. The molecule has 9 heteroatoms. The van der Waals surface area contributed by atoms with Gasteiger partial charge in [0.15, 0.2) is 0 Å². The molecule has 0 radical (unpaired) electrons. The van der Waals surface area contributed by atoms with E-state index in [1.165, 1.54) is 12.1 Å². The normalized spacial score (nSPS) is 14.3. The van der Waals surface area contributed by atoms with Crippen LogP contribution in [0.15, 0.2) is 87.9 Å². The number of hydrazone groups is 1. The predicted octanol–water partition coefficient (Wildman–Crippen LogP) is 5.38. The zero-order chi connectivity index (χ0) is 24.2. The highest BCUT2D eigenvalue weighted by molar-refractivity contribution is 9.10. The van der Waals surface area contributed by atoms with Gasteiger partial charge in [0.05, 0.1) is 16.2 Å². The number of ether oxygens (including phenoxy) is 1. The number of rotatable bonds is 6. The van der Waals surface area contributed by atoms with Crippen LogP contribution in [0.25, 0.3) is 6.08 Å². The third-order valence-electron chi connectivity index (χ3n) is 5.09. The molecule has 3 aromatic carbocycles. The molecule has 0 fully saturated rings. The van der Waals surface area contributed by atoms with Crippen LogP contribution in [0.3, 0.4) is 0 Å². The van der Waals surface area contributed by atoms with E-state index in [4.69, 9.17) is 4.74 Å². The molecule has 0 aliphatic carbocycles. The van der Waals surface area contributed by atoms with Crippen molar-refractivity contribution >= 4 is 45.2 Å². The first-order chi connectivity index (χ1) is 16.3. The van der Waals surface area contributed by atoms with Crippen molar-refractivity contribution in [1.82, 2.24) is 5.01 Å². The standard InChI is InChI=1S/C25H18BrN3O5/c1-16-22(25(31)28(27-16)24(30)18-5-3-2-4-6-18)14-19-13-20(26)9-12-23(19)34-15-17-7-10-21(11-8-17)29(32)33/h2-14H,15H2,1H3/b22-14+. The summed E-state index contributed by atoms with van der Waals surface area (Å²) in [7, 11) is 0. The Bertz CT molecular complexity index is 1330. The van der Waals surface area contributed by atoms with E-state index in [-0.39, 0.29) is 17.9 Å². The van der Waals surface area contributed by atoms with E-state index in [1.54, 1.807) is 73.7 Å². The zero-order valence-electron chi connectivity index (χ0n) is 18.0. The van der Waals surface area contributed by atoms with Crippen LogP contribution in [0, 0.1) is 10.1 Å². The molecule has 1 aliphatic heterocycles. The number of amides is 2. The van der Waals surface area contributed by atoms with Crippen molar-refractivity contribution in [2.75, 3.05) is 0 Å². The van der Waals surface area contributed by atoms with Gasteiger partial charge in [0.1, 0.15) is 12.4 Å². The summed E-state index contributed by atoms with van der Waals surface area (Å²) in [5.41, 5.74) is 2.42. The number of halogens is 1. The third kappa shape index (κ3) is 4.94. The average Bonchev–Trinajstić information content (AvgIpc) is 3.12. The number of nitro groups is 1. The summed E-state index contributed by atoms with van der Waals surface area (Å²) < 4.78 is 6.71. The van der Waals surface area contributed by atoms with Gasteiger partial charge in [0.2, 0.25) is 0 Å². The van der Waals surface area contributed by atoms with Crippen LogP contribution in [0.1, 0.15) is 28.4 Å². The second-order valence-corrected chi connectivity index (χ2v) is 8.34. The van der Waals surface area contributed by atoms with Crippen molar-refractivity contribution < 1.29 is 19.2 Å². The summed E-state index contributed by atoms with van der Waals surface area (Å²) in [6.45, 7) is 1.84. The molecule has 8 nitrogen and oxygen atoms in total. The van der Waals surface area contributed by atoms with E-state index < -0.39 is 16.7 Å². The van der Waals surface area contributed by atoms with Crippen molar-refractivity contribution in [3.05, 3.63) is 110 Å². The summed E-state index contributed by atoms with van der Waals surface area (Å²) in [4.78, 5) is 36.1. The molecule has 170 valence electrons. The SMILES string of the molecule is CC1=NN(C(=O)c2ccccc2)C(=O)/C1=C/c1cc(Br)ccc1OCc1ccc([N+](=O)[O-])cc1. The van der Waals surface area contributed by atoms with E-state index in [2.05, 4.69) is 21.0 Å². The Morgan fingerprint density at radius 3 is 2.50 bits per heavy atom. The minimum absolute atomic E-state index is 0.00178. The topological polar surface area (TPSA) is 102 Å². The lowest BCUT2D eigenvalue weighted by Crippen LogP contribution is -2.29. The molecule has 0 unspecified atom stereocenters. The Labute approximate surface area is 203 Å². The Hall–Kier alpha value is -4.11. The highest BCUT2D eigenvalue weighted by Gasteiger charge is 2.33. The van der Waals surface area contributed by atoms with Gasteiger partial charge in [-0.2, -0.15) is 10.1 Å². The van der Waals surface area contributed by atoms with Crippen molar-refractivity contribution in [1.29, 1.82) is 0 Å². The van der Waals surface area contributed by atoms with Gasteiger partial charge in [-0.15, -0.1) is 0 Å². The fourth-order valence-corrected chi connectivity index (χ4v) is 3.70. The number of nitrogens with zero attached hydrogens (tertiary/aromatic N) is 3. The van der Waals surface area contributed by atoms with E-state index in [0.29, 0.717) is 22.6 Å². The van der Waals surface area contributed by atoms with Crippen molar-refractivity contribution in [3.63, 3.8) is 0 Å². The number of imide groups is 1. The van der Waals surface area contributed by atoms with E-state index >= 15 is 0 Å². The summed E-state index contributed by atoms with van der Waals surface area (Å²) in [6.07, 6.45) is 1.63. The van der Waals surface area contributed by atoms with Gasteiger partial charge in [-0.3, -0.25) is 19.7 Å². The fourth-order valence-electron chi connectivity index (χ4n) is 3.32. The molecular formula is C25H18BrN3O5. The largest absolute Gasteiger partial charge is 0.488 e. The van der Waals surface area contributed by atoms with Gasteiger partial charge >= 0.3 is 0 Å². The first kappa shape index (κ1) is 23.1. The average molecular weight is 520 g/mol. The summed E-state index contributed by atoms with van der Waals surface area (Å²) >= 11 is 3.43. The predicted molar refractivity (Wildman–Crippen MR) is 130 cm³/mol. The van der Waals surface area contributed by atoms with Crippen LogP contribution in [0.5, 0.6) is 5.75 Å².